The number of amides is 2. The average Bonchev–Trinajstić information content (AvgIpc) is 3.17. The highest BCUT2D eigenvalue weighted by Gasteiger charge is 2.34. The number of benzene rings is 1. The van der Waals surface area contributed by atoms with Crippen molar-refractivity contribution in [1.82, 2.24) is 20.1 Å². The van der Waals surface area contributed by atoms with Gasteiger partial charge in [-0.2, -0.15) is 0 Å². The number of aromatic amines is 1. The van der Waals surface area contributed by atoms with Gasteiger partial charge in [0.2, 0.25) is 0 Å². The third-order valence-electron chi connectivity index (χ3n) is 7.08. The molecule has 1 aromatic heterocycles. The van der Waals surface area contributed by atoms with Crippen LogP contribution < -0.4 is 5.32 Å². The van der Waals surface area contributed by atoms with Gasteiger partial charge in [0, 0.05) is 49.2 Å². The Morgan fingerprint density at radius 1 is 1.11 bits per heavy atom. The predicted molar refractivity (Wildman–Crippen MR) is 108 cm³/mol. The van der Waals surface area contributed by atoms with Crippen LogP contribution in [-0.4, -0.2) is 60.1 Å². The van der Waals surface area contributed by atoms with Crippen molar-refractivity contribution >= 4 is 16.9 Å². The molecule has 4 aliphatic rings. The summed E-state index contributed by atoms with van der Waals surface area (Å²) in [6, 6.07) is 8.61. The molecule has 4 fully saturated rings. The average molecular weight is 367 g/mol. The van der Waals surface area contributed by atoms with Crippen molar-refractivity contribution in [3.63, 3.8) is 0 Å². The molecule has 2 aromatic rings. The molecule has 27 heavy (non-hydrogen) atoms. The van der Waals surface area contributed by atoms with E-state index in [9.17, 15) is 4.79 Å². The number of para-hydroxylation sites is 1. The van der Waals surface area contributed by atoms with Crippen molar-refractivity contribution in [3.05, 3.63) is 36.0 Å². The number of carbonyl (C=O) groups excluding carboxylic acids is 1. The first-order valence-electron chi connectivity index (χ1n) is 10.6. The maximum atomic E-state index is 12.8. The normalized spacial score (nSPS) is 30.6. The molecule has 2 amide bonds. The number of rotatable bonds is 3. The summed E-state index contributed by atoms with van der Waals surface area (Å²) in [6.45, 7) is 6.23. The Kier molecular flexibility index (Phi) is 4.56. The second-order valence-electron chi connectivity index (χ2n) is 8.66. The van der Waals surface area contributed by atoms with E-state index in [4.69, 9.17) is 0 Å². The molecular weight excluding hydrogens is 336 g/mol. The SMILES string of the molecule is O=C(NCC1CN2CCC1CC2)N1CCCC(c2c[nH]c3ccccc23)C1. The first-order chi connectivity index (χ1) is 13.3. The largest absolute Gasteiger partial charge is 0.361 e. The van der Waals surface area contributed by atoms with Gasteiger partial charge in [-0.3, -0.25) is 0 Å². The number of aromatic nitrogens is 1. The van der Waals surface area contributed by atoms with E-state index >= 15 is 0 Å². The molecule has 2 bridgehead atoms. The van der Waals surface area contributed by atoms with E-state index in [1.807, 2.05) is 4.90 Å². The van der Waals surface area contributed by atoms with E-state index in [0.29, 0.717) is 11.8 Å². The topological polar surface area (TPSA) is 51.4 Å². The summed E-state index contributed by atoms with van der Waals surface area (Å²) in [6.07, 6.45) is 7.01. The summed E-state index contributed by atoms with van der Waals surface area (Å²) in [5.74, 6) is 1.89. The highest BCUT2D eigenvalue weighted by molar-refractivity contribution is 5.84. The van der Waals surface area contributed by atoms with Gasteiger partial charge in [0.05, 0.1) is 0 Å². The van der Waals surface area contributed by atoms with Gasteiger partial charge in [-0.25, -0.2) is 4.79 Å². The molecule has 5 heteroatoms. The van der Waals surface area contributed by atoms with Crippen molar-refractivity contribution < 1.29 is 4.79 Å². The lowest BCUT2D eigenvalue weighted by molar-refractivity contribution is 0.0512. The van der Waals surface area contributed by atoms with Gasteiger partial charge in [-0.05, 0) is 62.2 Å². The zero-order chi connectivity index (χ0) is 18.2. The van der Waals surface area contributed by atoms with Crippen LogP contribution >= 0.6 is 0 Å². The van der Waals surface area contributed by atoms with E-state index in [1.54, 1.807) is 0 Å². The molecular formula is C22H30N4O. The van der Waals surface area contributed by atoms with Gasteiger partial charge < -0.3 is 20.1 Å². The number of urea groups is 1. The van der Waals surface area contributed by atoms with Crippen molar-refractivity contribution in [2.75, 3.05) is 39.3 Å². The van der Waals surface area contributed by atoms with Crippen molar-refractivity contribution in [2.24, 2.45) is 11.8 Å². The molecule has 1 aromatic carbocycles. The number of likely N-dealkylation sites (tertiary alicyclic amines) is 1. The highest BCUT2D eigenvalue weighted by atomic mass is 16.2. The van der Waals surface area contributed by atoms with Gasteiger partial charge in [0.15, 0.2) is 0 Å². The molecule has 0 aliphatic carbocycles. The van der Waals surface area contributed by atoms with Gasteiger partial charge in [-0.1, -0.05) is 18.2 Å². The quantitative estimate of drug-likeness (QED) is 0.875. The summed E-state index contributed by atoms with van der Waals surface area (Å²) in [5, 5.41) is 4.57. The van der Waals surface area contributed by atoms with Crippen LogP contribution in [0.3, 0.4) is 0 Å². The lowest BCUT2D eigenvalue weighted by atomic mass is 9.79. The van der Waals surface area contributed by atoms with Crippen LogP contribution in [0.2, 0.25) is 0 Å². The minimum Gasteiger partial charge on any atom is -0.361 e. The maximum absolute atomic E-state index is 12.8. The van der Waals surface area contributed by atoms with Crippen LogP contribution in [0.25, 0.3) is 10.9 Å². The summed E-state index contributed by atoms with van der Waals surface area (Å²) >= 11 is 0. The monoisotopic (exact) mass is 366 g/mol. The Hall–Kier alpha value is -2.01. The third kappa shape index (κ3) is 3.33. The smallest absolute Gasteiger partial charge is 0.317 e. The van der Waals surface area contributed by atoms with Crippen molar-refractivity contribution in [3.8, 4) is 0 Å². The minimum absolute atomic E-state index is 0.135. The molecule has 4 aliphatic heterocycles. The predicted octanol–water partition coefficient (Wildman–Crippen LogP) is 3.40. The second kappa shape index (κ2) is 7.19. The number of nitrogens with zero attached hydrogens (tertiary/aromatic N) is 2. The third-order valence-corrected chi connectivity index (χ3v) is 7.08. The summed E-state index contributed by atoms with van der Waals surface area (Å²) < 4.78 is 0. The highest BCUT2D eigenvalue weighted by Crippen LogP contribution is 2.33. The molecule has 2 N–H and O–H groups in total. The van der Waals surface area contributed by atoms with E-state index in [1.165, 1.54) is 48.9 Å². The van der Waals surface area contributed by atoms with Crippen LogP contribution in [0.15, 0.2) is 30.5 Å². The van der Waals surface area contributed by atoms with E-state index in [-0.39, 0.29) is 6.03 Å². The van der Waals surface area contributed by atoms with E-state index in [2.05, 4.69) is 45.7 Å². The molecule has 4 saturated heterocycles. The van der Waals surface area contributed by atoms with Crippen LogP contribution in [0.5, 0.6) is 0 Å². The fourth-order valence-corrected chi connectivity index (χ4v) is 5.50. The summed E-state index contributed by atoms with van der Waals surface area (Å²) in [5.41, 5.74) is 2.55. The van der Waals surface area contributed by atoms with Crippen LogP contribution in [0.1, 0.15) is 37.2 Å². The number of fused-ring (bicyclic) bond motifs is 4. The zero-order valence-electron chi connectivity index (χ0n) is 16.0. The number of hydrogen-bond acceptors (Lipinski definition) is 2. The molecule has 5 heterocycles. The Morgan fingerprint density at radius 2 is 1.96 bits per heavy atom. The van der Waals surface area contributed by atoms with Gasteiger partial charge in [0.25, 0.3) is 0 Å². The van der Waals surface area contributed by atoms with E-state index in [0.717, 1.165) is 38.4 Å². The number of piperidine rings is 4. The first kappa shape index (κ1) is 17.1. The molecule has 0 saturated carbocycles. The lowest BCUT2D eigenvalue weighted by Crippen LogP contribution is -2.52. The number of hydrogen-bond donors (Lipinski definition) is 2. The minimum atomic E-state index is 0.135. The zero-order valence-corrected chi connectivity index (χ0v) is 16.0. The Labute approximate surface area is 161 Å². The lowest BCUT2D eigenvalue weighted by Gasteiger charge is -2.45. The molecule has 2 unspecified atom stereocenters. The van der Waals surface area contributed by atoms with Crippen LogP contribution in [0.4, 0.5) is 4.79 Å². The standard InChI is InChI=1S/C22H30N4O/c27-22(24-12-18-14-25-10-7-16(18)8-11-25)26-9-3-4-17(15-26)20-13-23-21-6-2-1-5-19(20)21/h1-2,5-6,13,16-18,23H,3-4,7-12,14-15H2,(H,24,27). The maximum Gasteiger partial charge on any atom is 0.317 e. The molecule has 2 atom stereocenters. The van der Waals surface area contributed by atoms with Gasteiger partial charge in [0.1, 0.15) is 0 Å². The number of H-pyrrole nitrogens is 1. The molecule has 0 radical (unpaired) electrons. The van der Waals surface area contributed by atoms with Crippen molar-refractivity contribution in [1.29, 1.82) is 0 Å². The summed E-state index contributed by atoms with van der Waals surface area (Å²) in [7, 11) is 0. The fourth-order valence-electron chi connectivity index (χ4n) is 5.50. The number of carbonyl (C=O) groups is 1. The fraction of sp³-hybridized carbons (Fsp3) is 0.591. The number of nitrogens with one attached hydrogen (secondary N) is 2. The Morgan fingerprint density at radius 3 is 2.78 bits per heavy atom. The second-order valence-corrected chi connectivity index (χ2v) is 8.66. The molecule has 6 rings (SSSR count). The summed E-state index contributed by atoms with van der Waals surface area (Å²) in [4.78, 5) is 20.8. The Bertz CT molecular complexity index is 808. The Balaban J connectivity index is 1.21. The molecule has 144 valence electrons. The molecule has 0 spiro atoms. The molecule has 5 nitrogen and oxygen atoms in total. The van der Waals surface area contributed by atoms with Crippen LogP contribution in [-0.2, 0) is 0 Å². The van der Waals surface area contributed by atoms with Crippen LogP contribution in [0, 0.1) is 11.8 Å². The van der Waals surface area contributed by atoms with E-state index < -0.39 is 0 Å². The van der Waals surface area contributed by atoms with Crippen molar-refractivity contribution in [2.45, 2.75) is 31.6 Å². The van der Waals surface area contributed by atoms with Gasteiger partial charge in [-0.15, -0.1) is 0 Å². The van der Waals surface area contributed by atoms with Gasteiger partial charge >= 0.3 is 6.03 Å². The first-order valence-corrected chi connectivity index (χ1v) is 10.6.